The fraction of sp³-hybridized carbons (Fsp3) is 0.417. The third-order valence-electron chi connectivity index (χ3n) is 2.88. The van der Waals surface area contributed by atoms with Gasteiger partial charge in [-0.3, -0.25) is 0 Å². The van der Waals surface area contributed by atoms with E-state index in [0.717, 1.165) is 0 Å². The average Bonchev–Trinajstić information content (AvgIpc) is 2.36. The summed E-state index contributed by atoms with van der Waals surface area (Å²) >= 11 is 0. The first-order valence-electron chi connectivity index (χ1n) is 5.14. The molecule has 0 aliphatic carbocycles. The molecule has 1 atom stereocenters. The van der Waals surface area contributed by atoms with Gasteiger partial charge in [0.1, 0.15) is 17.0 Å². The molecule has 2 N–H and O–H groups in total. The maximum atomic E-state index is 11.3. The van der Waals surface area contributed by atoms with E-state index in [0.29, 0.717) is 17.1 Å². The van der Waals surface area contributed by atoms with Gasteiger partial charge >= 0.3 is 5.97 Å². The third-order valence-corrected chi connectivity index (χ3v) is 2.88. The van der Waals surface area contributed by atoms with Crippen LogP contribution < -0.4 is 14.8 Å². The maximum Gasteiger partial charge on any atom is 0.328 e. The molecule has 5 nitrogen and oxygen atoms in total. The quantitative estimate of drug-likeness (QED) is 0.808. The van der Waals surface area contributed by atoms with Crippen molar-refractivity contribution in [2.45, 2.75) is 12.5 Å². The number of methoxy groups -OCH3 is 2. The summed E-state index contributed by atoms with van der Waals surface area (Å²) in [5.74, 6) is 0.126. The van der Waals surface area contributed by atoms with Crippen LogP contribution in [0.3, 0.4) is 0 Å². The Labute approximate surface area is 100 Å². The topological polar surface area (TPSA) is 67.8 Å². The standard InChI is InChI=1S/C12H17NO4/c1-12(13-2,11(14)15)9-6-5-8(16-3)7-10(9)17-4/h5-7,13H,1-4H3,(H,14,15). The van der Waals surface area contributed by atoms with Crippen LogP contribution in [-0.4, -0.2) is 32.3 Å². The lowest BCUT2D eigenvalue weighted by Crippen LogP contribution is -2.44. The lowest BCUT2D eigenvalue weighted by molar-refractivity contribution is -0.144. The largest absolute Gasteiger partial charge is 0.497 e. The van der Waals surface area contributed by atoms with Gasteiger partial charge in [0.05, 0.1) is 14.2 Å². The van der Waals surface area contributed by atoms with Crippen LogP contribution >= 0.6 is 0 Å². The number of nitrogens with one attached hydrogen (secondary N) is 1. The van der Waals surface area contributed by atoms with Gasteiger partial charge in [-0.25, -0.2) is 4.79 Å². The van der Waals surface area contributed by atoms with Crippen LogP contribution in [0, 0.1) is 0 Å². The van der Waals surface area contributed by atoms with Crippen LogP contribution in [0.1, 0.15) is 12.5 Å². The summed E-state index contributed by atoms with van der Waals surface area (Å²) in [6.45, 7) is 1.58. The fourth-order valence-corrected chi connectivity index (χ4v) is 1.57. The van der Waals surface area contributed by atoms with Crippen LogP contribution in [0.2, 0.25) is 0 Å². The summed E-state index contributed by atoms with van der Waals surface area (Å²) in [6.07, 6.45) is 0. The van der Waals surface area contributed by atoms with Crippen molar-refractivity contribution in [2.24, 2.45) is 0 Å². The van der Waals surface area contributed by atoms with Crippen molar-refractivity contribution in [3.05, 3.63) is 23.8 Å². The molecule has 0 aromatic heterocycles. The summed E-state index contributed by atoms with van der Waals surface area (Å²) in [6, 6.07) is 5.05. The molecule has 0 spiro atoms. The van der Waals surface area contributed by atoms with Crippen molar-refractivity contribution in [3.8, 4) is 11.5 Å². The number of benzene rings is 1. The second-order valence-electron chi connectivity index (χ2n) is 3.75. The number of hydrogen-bond acceptors (Lipinski definition) is 4. The number of likely N-dealkylation sites (N-methyl/N-ethyl adjacent to an activating group) is 1. The number of rotatable bonds is 5. The molecule has 0 aliphatic heterocycles. The van der Waals surface area contributed by atoms with E-state index in [2.05, 4.69) is 5.32 Å². The molecule has 0 saturated heterocycles. The van der Waals surface area contributed by atoms with Gasteiger partial charge in [0.15, 0.2) is 0 Å². The van der Waals surface area contributed by atoms with Gasteiger partial charge < -0.3 is 19.9 Å². The van der Waals surface area contributed by atoms with Crippen LogP contribution in [-0.2, 0) is 10.3 Å². The highest BCUT2D eigenvalue weighted by Gasteiger charge is 2.36. The minimum absolute atomic E-state index is 0.476. The number of carbonyl (C=O) groups is 1. The Hall–Kier alpha value is -1.75. The first kappa shape index (κ1) is 13.3. The molecular weight excluding hydrogens is 222 g/mol. The first-order valence-corrected chi connectivity index (χ1v) is 5.14. The van der Waals surface area contributed by atoms with E-state index in [9.17, 15) is 9.90 Å². The Balaban J connectivity index is 3.34. The van der Waals surface area contributed by atoms with Gasteiger partial charge in [-0.05, 0) is 26.1 Å². The van der Waals surface area contributed by atoms with Crippen molar-refractivity contribution in [3.63, 3.8) is 0 Å². The monoisotopic (exact) mass is 239 g/mol. The highest BCUT2D eigenvalue weighted by atomic mass is 16.5. The molecule has 0 aliphatic rings. The Morgan fingerprint density at radius 2 is 2.00 bits per heavy atom. The number of aliphatic carboxylic acids is 1. The zero-order valence-electron chi connectivity index (χ0n) is 10.4. The number of hydrogen-bond donors (Lipinski definition) is 2. The van der Waals surface area contributed by atoms with E-state index >= 15 is 0 Å². The van der Waals surface area contributed by atoms with Crippen molar-refractivity contribution >= 4 is 5.97 Å². The zero-order valence-corrected chi connectivity index (χ0v) is 10.4. The third kappa shape index (κ3) is 2.34. The summed E-state index contributed by atoms with van der Waals surface area (Å²) in [5.41, 5.74) is -0.645. The molecular formula is C12H17NO4. The summed E-state index contributed by atoms with van der Waals surface area (Å²) in [5, 5.41) is 12.1. The highest BCUT2D eigenvalue weighted by molar-refractivity contribution is 5.81. The summed E-state index contributed by atoms with van der Waals surface area (Å²) in [7, 11) is 4.64. The number of carboxylic acid groups (broad SMARTS) is 1. The van der Waals surface area contributed by atoms with E-state index in [1.54, 1.807) is 39.3 Å². The van der Waals surface area contributed by atoms with Crippen LogP contribution in [0.15, 0.2) is 18.2 Å². The van der Waals surface area contributed by atoms with Gasteiger partial charge in [0, 0.05) is 11.6 Å². The SMILES string of the molecule is CNC(C)(C(=O)O)c1ccc(OC)cc1OC. The van der Waals surface area contributed by atoms with Crippen LogP contribution in [0.4, 0.5) is 0 Å². The molecule has 1 aromatic rings. The second-order valence-corrected chi connectivity index (χ2v) is 3.75. The molecule has 0 bridgehead atoms. The lowest BCUT2D eigenvalue weighted by atomic mass is 9.91. The Morgan fingerprint density at radius 1 is 1.35 bits per heavy atom. The first-order chi connectivity index (χ1) is 7.99. The summed E-state index contributed by atoms with van der Waals surface area (Å²) < 4.78 is 10.3. The molecule has 1 aromatic carbocycles. The van der Waals surface area contributed by atoms with E-state index in [-0.39, 0.29) is 0 Å². The molecule has 0 fully saturated rings. The average molecular weight is 239 g/mol. The number of ether oxygens (including phenoxy) is 2. The van der Waals surface area contributed by atoms with Crippen molar-refractivity contribution in [2.75, 3.05) is 21.3 Å². The minimum atomic E-state index is -1.20. The van der Waals surface area contributed by atoms with E-state index in [1.165, 1.54) is 7.11 Å². The zero-order chi connectivity index (χ0) is 13.1. The van der Waals surface area contributed by atoms with Gasteiger partial charge in [0.2, 0.25) is 0 Å². The van der Waals surface area contributed by atoms with Crippen LogP contribution in [0.5, 0.6) is 11.5 Å². The van der Waals surface area contributed by atoms with Crippen molar-refractivity contribution in [1.29, 1.82) is 0 Å². The van der Waals surface area contributed by atoms with E-state index in [4.69, 9.17) is 9.47 Å². The van der Waals surface area contributed by atoms with Crippen molar-refractivity contribution < 1.29 is 19.4 Å². The molecule has 17 heavy (non-hydrogen) atoms. The van der Waals surface area contributed by atoms with E-state index in [1.807, 2.05) is 0 Å². The Kier molecular flexibility index (Phi) is 3.96. The summed E-state index contributed by atoms with van der Waals surface area (Å²) in [4.78, 5) is 11.3. The van der Waals surface area contributed by atoms with Crippen LogP contribution in [0.25, 0.3) is 0 Å². The molecule has 0 heterocycles. The molecule has 94 valence electrons. The highest BCUT2D eigenvalue weighted by Crippen LogP contribution is 2.33. The lowest BCUT2D eigenvalue weighted by Gasteiger charge is -2.26. The molecule has 0 saturated carbocycles. The van der Waals surface area contributed by atoms with Gasteiger partial charge in [0.25, 0.3) is 0 Å². The maximum absolute atomic E-state index is 11.3. The second kappa shape index (κ2) is 5.05. The molecule has 0 amide bonds. The Bertz CT molecular complexity index is 419. The number of carboxylic acids is 1. The molecule has 5 heteroatoms. The predicted octanol–water partition coefficient (Wildman–Crippen LogP) is 1.22. The molecule has 1 unspecified atom stereocenters. The predicted molar refractivity (Wildman–Crippen MR) is 63.6 cm³/mol. The minimum Gasteiger partial charge on any atom is -0.497 e. The van der Waals surface area contributed by atoms with Crippen molar-refractivity contribution in [1.82, 2.24) is 5.32 Å². The van der Waals surface area contributed by atoms with E-state index < -0.39 is 11.5 Å². The Morgan fingerprint density at radius 3 is 2.41 bits per heavy atom. The molecule has 1 rings (SSSR count). The normalized spacial score (nSPS) is 13.9. The van der Waals surface area contributed by atoms with Gasteiger partial charge in [-0.2, -0.15) is 0 Å². The smallest absolute Gasteiger partial charge is 0.328 e. The van der Waals surface area contributed by atoms with Gasteiger partial charge in [-0.15, -0.1) is 0 Å². The fourth-order valence-electron chi connectivity index (χ4n) is 1.57. The van der Waals surface area contributed by atoms with Gasteiger partial charge in [-0.1, -0.05) is 0 Å². The molecule has 0 radical (unpaired) electrons.